The molecule has 0 atom stereocenters. The molecule has 0 saturated carbocycles. The summed E-state index contributed by atoms with van der Waals surface area (Å²) in [4.78, 5) is 10.5. The summed E-state index contributed by atoms with van der Waals surface area (Å²) in [5.74, 6) is 1.88. The van der Waals surface area contributed by atoms with Crippen molar-refractivity contribution in [3.8, 4) is 0 Å². The highest BCUT2D eigenvalue weighted by molar-refractivity contribution is 5.91. The van der Waals surface area contributed by atoms with Crippen LogP contribution in [0.3, 0.4) is 0 Å². The second-order valence-electron chi connectivity index (χ2n) is 5.76. The van der Waals surface area contributed by atoms with Crippen LogP contribution in [0.15, 0.2) is 49.1 Å². The minimum Gasteiger partial charge on any atom is -0.367 e. The summed E-state index contributed by atoms with van der Waals surface area (Å²) in [6.45, 7) is 1.93. The van der Waals surface area contributed by atoms with E-state index in [0.717, 1.165) is 43.0 Å². The average Bonchev–Trinajstić information content (AvgIpc) is 2.63. The second kappa shape index (κ2) is 6.16. The van der Waals surface area contributed by atoms with Gasteiger partial charge in [0.1, 0.15) is 12.1 Å². The van der Waals surface area contributed by atoms with Gasteiger partial charge in [-0.05, 0) is 18.9 Å². The van der Waals surface area contributed by atoms with Gasteiger partial charge in [0.2, 0.25) is 0 Å². The van der Waals surface area contributed by atoms with Gasteiger partial charge >= 0.3 is 0 Å². The number of nitrogens with one attached hydrogen (secondary N) is 1. The largest absolute Gasteiger partial charge is 0.367 e. The van der Waals surface area contributed by atoms with Crippen molar-refractivity contribution in [2.75, 3.05) is 23.3 Å². The molecule has 6 heteroatoms. The van der Waals surface area contributed by atoms with Gasteiger partial charge in [0.15, 0.2) is 5.82 Å². The van der Waals surface area contributed by atoms with Crippen LogP contribution in [0.25, 0.3) is 10.8 Å². The molecule has 0 amide bonds. The van der Waals surface area contributed by atoms with Crippen LogP contribution in [-0.2, 0) is 0 Å². The maximum absolute atomic E-state index is 4.37. The highest BCUT2D eigenvalue weighted by atomic mass is 15.3. The zero-order valence-electron chi connectivity index (χ0n) is 12.8. The van der Waals surface area contributed by atoms with E-state index in [1.807, 2.05) is 18.3 Å². The number of fused-ring (bicyclic) bond motifs is 1. The fourth-order valence-corrected chi connectivity index (χ4v) is 3.07. The lowest BCUT2D eigenvalue weighted by atomic mass is 10.0. The standard InChI is InChI=1S/C17H18N6/c1-2-4-15-13(3-1)11-20-22-17(15)23-9-6-14(7-10-23)21-16-5-8-18-12-19-16/h1-5,8,11-12,14H,6-7,9-10H2,(H,18,19,21). The lowest BCUT2D eigenvalue weighted by Crippen LogP contribution is -2.39. The Labute approximate surface area is 134 Å². The van der Waals surface area contributed by atoms with Gasteiger partial charge in [-0.25, -0.2) is 9.97 Å². The first kappa shape index (κ1) is 13.9. The van der Waals surface area contributed by atoms with Gasteiger partial charge in [0.25, 0.3) is 0 Å². The number of benzene rings is 1. The summed E-state index contributed by atoms with van der Waals surface area (Å²) < 4.78 is 0. The predicted molar refractivity (Wildman–Crippen MR) is 90.4 cm³/mol. The van der Waals surface area contributed by atoms with Gasteiger partial charge in [-0.1, -0.05) is 24.3 Å². The summed E-state index contributed by atoms with van der Waals surface area (Å²) in [5.41, 5.74) is 0. The van der Waals surface area contributed by atoms with Crippen molar-refractivity contribution in [1.82, 2.24) is 20.2 Å². The summed E-state index contributed by atoms with van der Waals surface area (Å²) in [6.07, 6.45) is 7.26. The monoisotopic (exact) mass is 306 g/mol. The molecule has 2 aromatic heterocycles. The van der Waals surface area contributed by atoms with Gasteiger partial charge in [0, 0.05) is 36.1 Å². The van der Waals surface area contributed by atoms with Gasteiger partial charge in [0.05, 0.1) is 6.20 Å². The maximum atomic E-state index is 4.37. The summed E-state index contributed by atoms with van der Waals surface area (Å²) in [6, 6.07) is 10.6. The van der Waals surface area contributed by atoms with Gasteiger partial charge in [-0.2, -0.15) is 5.10 Å². The summed E-state index contributed by atoms with van der Waals surface area (Å²) in [5, 5.41) is 14.3. The minimum absolute atomic E-state index is 0.434. The quantitative estimate of drug-likeness (QED) is 0.802. The third-order valence-electron chi connectivity index (χ3n) is 4.28. The number of piperidine rings is 1. The lowest BCUT2D eigenvalue weighted by molar-refractivity contribution is 0.522. The molecule has 4 rings (SSSR count). The molecule has 0 spiro atoms. The van der Waals surface area contributed by atoms with E-state index in [9.17, 15) is 0 Å². The van der Waals surface area contributed by atoms with E-state index in [0.29, 0.717) is 6.04 Å². The fourth-order valence-electron chi connectivity index (χ4n) is 3.07. The molecule has 1 aliphatic heterocycles. The fraction of sp³-hybridized carbons (Fsp3) is 0.294. The molecule has 0 unspecified atom stereocenters. The number of aromatic nitrogens is 4. The SMILES string of the molecule is c1ccc2c(N3CCC(Nc4ccncn4)CC3)nncc2c1. The summed E-state index contributed by atoms with van der Waals surface area (Å²) >= 11 is 0. The van der Waals surface area contributed by atoms with Gasteiger partial charge < -0.3 is 10.2 Å². The average molecular weight is 306 g/mol. The van der Waals surface area contributed by atoms with Crippen molar-refractivity contribution >= 4 is 22.4 Å². The zero-order valence-corrected chi connectivity index (χ0v) is 12.8. The van der Waals surface area contributed by atoms with E-state index >= 15 is 0 Å². The summed E-state index contributed by atoms with van der Waals surface area (Å²) in [7, 11) is 0. The highest BCUT2D eigenvalue weighted by Crippen LogP contribution is 2.26. The molecular formula is C17H18N6. The normalized spacial score (nSPS) is 15.7. The van der Waals surface area contributed by atoms with E-state index in [4.69, 9.17) is 0 Å². The third-order valence-corrected chi connectivity index (χ3v) is 4.28. The van der Waals surface area contributed by atoms with Crippen molar-refractivity contribution < 1.29 is 0 Å². The van der Waals surface area contributed by atoms with E-state index in [-0.39, 0.29) is 0 Å². The zero-order chi connectivity index (χ0) is 15.5. The first-order valence-electron chi connectivity index (χ1n) is 7.88. The van der Waals surface area contributed by atoms with Crippen LogP contribution in [0.5, 0.6) is 0 Å². The van der Waals surface area contributed by atoms with E-state index in [1.165, 1.54) is 5.39 Å². The maximum Gasteiger partial charge on any atom is 0.159 e. The Kier molecular flexibility index (Phi) is 3.71. The minimum atomic E-state index is 0.434. The van der Waals surface area contributed by atoms with Crippen LogP contribution in [-0.4, -0.2) is 39.3 Å². The molecule has 3 aromatic rings. The van der Waals surface area contributed by atoms with Crippen molar-refractivity contribution in [3.05, 3.63) is 49.1 Å². The highest BCUT2D eigenvalue weighted by Gasteiger charge is 2.21. The first-order valence-corrected chi connectivity index (χ1v) is 7.88. The van der Waals surface area contributed by atoms with Crippen LogP contribution in [0.2, 0.25) is 0 Å². The third kappa shape index (κ3) is 2.92. The Balaban J connectivity index is 1.47. The van der Waals surface area contributed by atoms with Crippen molar-refractivity contribution in [2.24, 2.45) is 0 Å². The van der Waals surface area contributed by atoms with Crippen LogP contribution >= 0.6 is 0 Å². The topological polar surface area (TPSA) is 66.8 Å². The number of hydrogen-bond donors (Lipinski definition) is 1. The Morgan fingerprint density at radius 2 is 1.96 bits per heavy atom. The van der Waals surface area contributed by atoms with Crippen molar-refractivity contribution in [3.63, 3.8) is 0 Å². The van der Waals surface area contributed by atoms with Gasteiger partial charge in [-0.3, -0.25) is 0 Å². The number of anilines is 2. The smallest absolute Gasteiger partial charge is 0.159 e. The lowest BCUT2D eigenvalue weighted by Gasteiger charge is -2.33. The predicted octanol–water partition coefficient (Wildman–Crippen LogP) is 2.50. The molecule has 1 saturated heterocycles. The molecule has 1 N–H and O–H groups in total. The number of hydrogen-bond acceptors (Lipinski definition) is 6. The van der Waals surface area contributed by atoms with E-state index in [1.54, 1.807) is 12.5 Å². The Hall–Kier alpha value is -2.76. The van der Waals surface area contributed by atoms with Crippen LogP contribution in [0.1, 0.15) is 12.8 Å². The van der Waals surface area contributed by atoms with Crippen molar-refractivity contribution in [1.29, 1.82) is 0 Å². The van der Waals surface area contributed by atoms with Crippen LogP contribution in [0.4, 0.5) is 11.6 Å². The molecule has 1 aromatic carbocycles. The van der Waals surface area contributed by atoms with Gasteiger partial charge in [-0.15, -0.1) is 5.10 Å². The molecule has 0 bridgehead atoms. The molecule has 116 valence electrons. The van der Waals surface area contributed by atoms with Crippen molar-refractivity contribution in [2.45, 2.75) is 18.9 Å². The Morgan fingerprint density at radius 1 is 1.09 bits per heavy atom. The van der Waals surface area contributed by atoms with E-state index in [2.05, 4.69) is 48.6 Å². The molecule has 1 fully saturated rings. The first-order chi connectivity index (χ1) is 11.4. The molecule has 0 aliphatic carbocycles. The molecule has 0 radical (unpaired) electrons. The van der Waals surface area contributed by atoms with Crippen LogP contribution in [0, 0.1) is 0 Å². The Morgan fingerprint density at radius 3 is 2.78 bits per heavy atom. The molecule has 23 heavy (non-hydrogen) atoms. The molecule has 1 aliphatic rings. The Bertz CT molecular complexity index is 778. The molecular weight excluding hydrogens is 288 g/mol. The van der Waals surface area contributed by atoms with E-state index < -0.39 is 0 Å². The number of nitrogens with zero attached hydrogens (tertiary/aromatic N) is 5. The molecule has 3 heterocycles. The second-order valence-corrected chi connectivity index (χ2v) is 5.76. The number of rotatable bonds is 3. The molecule has 6 nitrogen and oxygen atoms in total. The van der Waals surface area contributed by atoms with Crippen LogP contribution < -0.4 is 10.2 Å².